The van der Waals surface area contributed by atoms with Gasteiger partial charge >= 0.3 is 0 Å². The zero-order chi connectivity index (χ0) is 18.8. The summed E-state index contributed by atoms with van der Waals surface area (Å²) in [5, 5.41) is 3.84. The molecule has 0 aromatic heterocycles. The Balaban J connectivity index is 1.81. The van der Waals surface area contributed by atoms with Gasteiger partial charge in [-0.25, -0.2) is 0 Å². The van der Waals surface area contributed by atoms with Gasteiger partial charge in [0.05, 0.1) is 10.0 Å². The van der Waals surface area contributed by atoms with Gasteiger partial charge < -0.3 is 10.2 Å². The van der Waals surface area contributed by atoms with E-state index in [9.17, 15) is 9.59 Å². The summed E-state index contributed by atoms with van der Waals surface area (Å²) in [4.78, 5) is 27.3. The molecular weight excluding hydrogens is 371 g/mol. The summed E-state index contributed by atoms with van der Waals surface area (Å²) in [7, 11) is 0. The summed E-state index contributed by atoms with van der Waals surface area (Å²) in [6.07, 6.45) is 0. The monoisotopic (exact) mass is 390 g/mol. The van der Waals surface area contributed by atoms with Crippen molar-refractivity contribution < 1.29 is 9.59 Å². The number of carbonyl (C=O) groups is 2. The minimum absolute atomic E-state index is 0.0935. The molecule has 6 heteroatoms. The molecule has 26 heavy (non-hydrogen) atoms. The summed E-state index contributed by atoms with van der Waals surface area (Å²) in [5.41, 5.74) is 2.20. The van der Waals surface area contributed by atoms with Gasteiger partial charge in [-0.3, -0.25) is 9.59 Å². The summed E-state index contributed by atoms with van der Waals surface area (Å²) in [6, 6.07) is 11.9. The minimum atomic E-state index is -0.608. The maximum Gasteiger partial charge on any atom is 0.255 e. The first-order chi connectivity index (χ1) is 12.4. The van der Waals surface area contributed by atoms with Crippen molar-refractivity contribution in [2.45, 2.75) is 26.4 Å². The van der Waals surface area contributed by atoms with Crippen LogP contribution >= 0.6 is 23.2 Å². The van der Waals surface area contributed by atoms with E-state index >= 15 is 0 Å². The molecule has 0 aliphatic carbocycles. The Morgan fingerprint density at radius 2 is 1.88 bits per heavy atom. The third-order valence-corrected chi connectivity index (χ3v) is 5.06. The van der Waals surface area contributed by atoms with Crippen LogP contribution in [0.25, 0.3) is 0 Å². The lowest BCUT2D eigenvalue weighted by Gasteiger charge is -2.26. The number of benzene rings is 2. The second-order valence-electron chi connectivity index (χ2n) is 6.81. The molecule has 0 spiro atoms. The fraction of sp³-hybridized carbons (Fsp3) is 0.300. The van der Waals surface area contributed by atoms with Gasteiger partial charge in [0.2, 0.25) is 5.91 Å². The lowest BCUT2D eigenvalue weighted by atomic mass is 10.0. The van der Waals surface area contributed by atoms with E-state index in [-0.39, 0.29) is 17.7 Å². The van der Waals surface area contributed by atoms with Gasteiger partial charge in [-0.15, -0.1) is 0 Å². The topological polar surface area (TPSA) is 49.4 Å². The van der Waals surface area contributed by atoms with Crippen LogP contribution in [0.4, 0.5) is 0 Å². The molecule has 1 atom stereocenters. The van der Waals surface area contributed by atoms with Crippen molar-refractivity contribution in [2.24, 2.45) is 5.92 Å². The Kier molecular flexibility index (Phi) is 5.54. The number of halogens is 2. The van der Waals surface area contributed by atoms with Gasteiger partial charge in [0.25, 0.3) is 5.91 Å². The van der Waals surface area contributed by atoms with Crippen molar-refractivity contribution >= 4 is 35.0 Å². The first kappa shape index (κ1) is 18.7. The molecule has 0 saturated heterocycles. The molecule has 2 amide bonds. The van der Waals surface area contributed by atoms with Crippen LogP contribution in [0.1, 0.15) is 41.4 Å². The van der Waals surface area contributed by atoms with Crippen LogP contribution < -0.4 is 5.32 Å². The van der Waals surface area contributed by atoms with E-state index in [4.69, 9.17) is 23.2 Å². The average molecular weight is 391 g/mol. The van der Waals surface area contributed by atoms with Gasteiger partial charge in [0, 0.05) is 18.7 Å². The molecule has 0 saturated carbocycles. The van der Waals surface area contributed by atoms with Gasteiger partial charge in [-0.1, -0.05) is 61.3 Å². The van der Waals surface area contributed by atoms with Gasteiger partial charge in [0.15, 0.2) is 0 Å². The molecule has 1 aliphatic rings. The smallest absolute Gasteiger partial charge is 0.255 e. The first-order valence-corrected chi connectivity index (χ1v) is 9.25. The second-order valence-corrected chi connectivity index (χ2v) is 7.62. The second kappa shape index (κ2) is 7.68. The van der Waals surface area contributed by atoms with Gasteiger partial charge in [-0.2, -0.15) is 0 Å². The Labute approximate surface area is 163 Å². The zero-order valence-corrected chi connectivity index (χ0v) is 16.1. The maximum absolute atomic E-state index is 12.9. The fourth-order valence-corrected chi connectivity index (χ4v) is 3.49. The highest BCUT2D eigenvalue weighted by atomic mass is 35.5. The number of hydrogen-bond acceptors (Lipinski definition) is 2. The molecule has 0 fully saturated rings. The minimum Gasteiger partial charge on any atom is -0.350 e. The van der Waals surface area contributed by atoms with E-state index in [1.807, 2.05) is 38.1 Å². The van der Waals surface area contributed by atoms with E-state index < -0.39 is 6.04 Å². The molecule has 136 valence electrons. The summed E-state index contributed by atoms with van der Waals surface area (Å²) in [5.74, 6) is -0.0300. The molecule has 0 bridgehead atoms. The van der Waals surface area contributed by atoms with Crippen LogP contribution in [-0.4, -0.2) is 23.3 Å². The maximum atomic E-state index is 12.9. The predicted octanol–water partition coefficient (Wildman–Crippen LogP) is 4.46. The lowest BCUT2D eigenvalue weighted by molar-refractivity contribution is -0.125. The van der Waals surface area contributed by atoms with Crippen molar-refractivity contribution in [3.63, 3.8) is 0 Å². The van der Waals surface area contributed by atoms with E-state index in [2.05, 4.69) is 5.32 Å². The quantitative estimate of drug-likeness (QED) is 0.818. The van der Waals surface area contributed by atoms with Crippen molar-refractivity contribution in [3.8, 4) is 0 Å². The van der Waals surface area contributed by atoms with Gasteiger partial charge in [-0.05, 0) is 35.2 Å². The Hall–Kier alpha value is -2.04. The van der Waals surface area contributed by atoms with Gasteiger partial charge in [0.1, 0.15) is 6.04 Å². The van der Waals surface area contributed by atoms with Crippen LogP contribution in [0.3, 0.4) is 0 Å². The third-order valence-electron chi connectivity index (χ3n) is 4.32. The Morgan fingerprint density at radius 1 is 1.15 bits per heavy atom. The van der Waals surface area contributed by atoms with E-state index in [1.54, 1.807) is 23.1 Å². The largest absolute Gasteiger partial charge is 0.350 e. The highest BCUT2D eigenvalue weighted by Gasteiger charge is 2.40. The van der Waals surface area contributed by atoms with Crippen LogP contribution in [0.5, 0.6) is 0 Å². The molecule has 1 heterocycles. The normalized spacial score (nSPS) is 16.1. The Morgan fingerprint density at radius 3 is 2.58 bits per heavy atom. The molecule has 1 N–H and O–H groups in total. The molecule has 1 unspecified atom stereocenters. The molecule has 0 radical (unpaired) electrons. The molecule has 3 rings (SSSR count). The number of nitrogens with zero attached hydrogens (tertiary/aromatic N) is 1. The van der Waals surface area contributed by atoms with Crippen molar-refractivity contribution in [3.05, 3.63) is 69.2 Å². The zero-order valence-electron chi connectivity index (χ0n) is 14.6. The standard InChI is InChI=1S/C20H20Cl2N2O2/c1-12(2)11-24-18(14-5-3-4-6-15(14)20(24)26)19(25)23-10-13-7-8-16(21)17(22)9-13/h3-9,12,18H,10-11H2,1-2H3,(H,23,25). The van der Waals surface area contributed by atoms with Crippen molar-refractivity contribution in [1.29, 1.82) is 0 Å². The number of hydrogen-bond donors (Lipinski definition) is 1. The fourth-order valence-electron chi connectivity index (χ4n) is 3.17. The van der Waals surface area contributed by atoms with Crippen LogP contribution in [0, 0.1) is 5.92 Å². The molecule has 4 nitrogen and oxygen atoms in total. The van der Waals surface area contributed by atoms with E-state index in [1.165, 1.54) is 0 Å². The molecule has 1 aliphatic heterocycles. The number of amides is 2. The van der Waals surface area contributed by atoms with Crippen molar-refractivity contribution in [2.75, 3.05) is 6.54 Å². The number of rotatable bonds is 5. The predicted molar refractivity (Wildman–Crippen MR) is 103 cm³/mol. The third kappa shape index (κ3) is 3.71. The van der Waals surface area contributed by atoms with E-state index in [0.717, 1.165) is 11.1 Å². The highest BCUT2D eigenvalue weighted by molar-refractivity contribution is 6.42. The van der Waals surface area contributed by atoms with Crippen molar-refractivity contribution in [1.82, 2.24) is 10.2 Å². The number of fused-ring (bicyclic) bond motifs is 1. The van der Waals surface area contributed by atoms with Crippen LogP contribution in [-0.2, 0) is 11.3 Å². The molecule has 2 aromatic carbocycles. The Bertz CT molecular complexity index is 851. The molecular formula is C20H20Cl2N2O2. The summed E-state index contributed by atoms with van der Waals surface area (Å²) >= 11 is 11.9. The number of nitrogens with one attached hydrogen (secondary N) is 1. The SMILES string of the molecule is CC(C)CN1C(=O)c2ccccc2C1C(=O)NCc1ccc(Cl)c(Cl)c1. The van der Waals surface area contributed by atoms with Crippen LogP contribution in [0.15, 0.2) is 42.5 Å². The molecule has 2 aromatic rings. The summed E-state index contributed by atoms with van der Waals surface area (Å²) in [6.45, 7) is 4.90. The highest BCUT2D eigenvalue weighted by Crippen LogP contribution is 2.34. The first-order valence-electron chi connectivity index (χ1n) is 8.50. The summed E-state index contributed by atoms with van der Waals surface area (Å²) < 4.78 is 0. The van der Waals surface area contributed by atoms with E-state index in [0.29, 0.717) is 28.7 Å². The number of carbonyl (C=O) groups excluding carboxylic acids is 2. The van der Waals surface area contributed by atoms with Crippen LogP contribution in [0.2, 0.25) is 10.0 Å². The lowest BCUT2D eigenvalue weighted by Crippen LogP contribution is -2.40. The average Bonchev–Trinajstić information content (AvgIpc) is 2.88.